The second-order valence-electron chi connectivity index (χ2n) is 11.9. The Morgan fingerprint density at radius 2 is 1.47 bits per heavy atom. The lowest BCUT2D eigenvalue weighted by Crippen LogP contribution is -2.45. The number of hydrogen-bond donors (Lipinski definition) is 0. The molecular weight excluding hydrogens is 452 g/mol. The van der Waals surface area contributed by atoms with Crippen LogP contribution < -0.4 is 0 Å². The first-order chi connectivity index (χ1) is 17.6. The van der Waals surface area contributed by atoms with Crippen LogP contribution in [0.15, 0.2) is 47.1 Å². The molecule has 0 saturated heterocycles. The van der Waals surface area contributed by atoms with Gasteiger partial charge in [-0.15, -0.1) is 0 Å². The number of carbonyl (C=O) groups excluding carboxylic acids is 3. The first kappa shape index (κ1) is 23.9. The van der Waals surface area contributed by atoms with Gasteiger partial charge in [-0.2, -0.15) is 0 Å². The van der Waals surface area contributed by atoms with Crippen LogP contribution in [0.3, 0.4) is 0 Å². The lowest BCUT2D eigenvalue weighted by atomic mass is 9.57. The van der Waals surface area contributed by atoms with Crippen molar-refractivity contribution in [2.75, 3.05) is 0 Å². The largest absolute Gasteiger partial charge is 0.524 e. The number of carbonyl (C=O) groups is 3. The first-order valence-corrected chi connectivity index (χ1v) is 14.4. The van der Waals surface area contributed by atoms with Crippen LogP contribution in [0.5, 0.6) is 0 Å². The van der Waals surface area contributed by atoms with E-state index in [1.54, 1.807) is 0 Å². The maximum Gasteiger partial charge on any atom is 0.524 e. The summed E-state index contributed by atoms with van der Waals surface area (Å²) >= 11 is 0. The highest BCUT2D eigenvalue weighted by Crippen LogP contribution is 2.51. The smallest absolute Gasteiger partial charge is 0.360 e. The topological polar surface area (TPSA) is 69.7 Å². The van der Waals surface area contributed by atoms with Crippen molar-refractivity contribution in [3.63, 3.8) is 0 Å². The minimum atomic E-state index is -1.16. The van der Waals surface area contributed by atoms with Gasteiger partial charge in [0.25, 0.3) is 0 Å². The predicted molar refractivity (Wildman–Crippen MR) is 135 cm³/mol. The quantitative estimate of drug-likeness (QED) is 0.237. The summed E-state index contributed by atoms with van der Waals surface area (Å²) in [6.45, 7) is 0. The fraction of sp³-hybridized carbons (Fsp3) is 0.645. The van der Waals surface area contributed by atoms with E-state index in [-0.39, 0.29) is 17.8 Å². The van der Waals surface area contributed by atoms with Crippen LogP contribution in [-0.2, 0) is 19.1 Å². The lowest BCUT2D eigenvalue weighted by molar-refractivity contribution is -0.153. The molecular formula is C31H38O5. The first-order valence-electron chi connectivity index (χ1n) is 14.4. The van der Waals surface area contributed by atoms with Crippen molar-refractivity contribution in [1.82, 2.24) is 0 Å². The number of fused-ring (bicyclic) bond motifs is 4. The Hall–Kier alpha value is -2.43. The van der Waals surface area contributed by atoms with Crippen LogP contribution >= 0.6 is 0 Å². The van der Waals surface area contributed by atoms with E-state index < -0.39 is 24.0 Å². The van der Waals surface area contributed by atoms with E-state index in [2.05, 4.69) is 30.4 Å². The lowest BCUT2D eigenvalue weighted by Gasteiger charge is -2.46. The van der Waals surface area contributed by atoms with Crippen LogP contribution in [0, 0.1) is 41.4 Å². The van der Waals surface area contributed by atoms with Crippen molar-refractivity contribution < 1.29 is 23.9 Å². The highest BCUT2D eigenvalue weighted by atomic mass is 16.8. The molecule has 0 heterocycles. The van der Waals surface area contributed by atoms with E-state index in [9.17, 15) is 14.4 Å². The molecule has 6 unspecified atom stereocenters. The van der Waals surface area contributed by atoms with Crippen molar-refractivity contribution in [3.8, 4) is 0 Å². The Labute approximate surface area is 214 Å². The zero-order chi connectivity index (χ0) is 24.6. The average molecular weight is 491 g/mol. The van der Waals surface area contributed by atoms with E-state index in [1.165, 1.54) is 12.0 Å². The van der Waals surface area contributed by atoms with Gasteiger partial charge >= 0.3 is 18.1 Å². The number of allylic oxidation sites excluding steroid dienone is 7. The van der Waals surface area contributed by atoms with Gasteiger partial charge in [0.05, 0.1) is 5.92 Å². The van der Waals surface area contributed by atoms with Gasteiger partial charge < -0.3 is 9.47 Å². The van der Waals surface area contributed by atoms with Crippen molar-refractivity contribution >= 4 is 18.1 Å². The standard InChI is InChI=1S/C31H38O5/c32-29(27-23-13-5-1-9-19(23)17-20-10-2-6-14-24(20)27)35-31(34)36-30(33)28-25-15-7-3-11-21(25)18-22-12-4-8-16-26(22)28/h5-6,13-14,18-21,23-25,27H,1-4,7-12,15-17H2. The predicted octanol–water partition coefficient (Wildman–Crippen LogP) is 6.99. The monoisotopic (exact) mass is 490 g/mol. The van der Waals surface area contributed by atoms with Crippen LogP contribution in [-0.4, -0.2) is 18.1 Å². The molecule has 0 bridgehead atoms. The SMILES string of the molecule is O=C(OC(=O)C1=C2CCCCC2=CC2CCCCC12)OC(=O)C1C2C=CCCC2CC2CCC=CC21. The molecule has 6 rings (SSSR count). The van der Waals surface area contributed by atoms with Crippen molar-refractivity contribution in [2.24, 2.45) is 41.4 Å². The Kier molecular flexibility index (Phi) is 6.74. The number of ether oxygens (including phenoxy) is 2. The summed E-state index contributed by atoms with van der Waals surface area (Å²) in [7, 11) is 0. The molecule has 3 saturated carbocycles. The van der Waals surface area contributed by atoms with Gasteiger partial charge in [-0.1, -0.05) is 43.2 Å². The molecule has 0 spiro atoms. The van der Waals surface area contributed by atoms with Gasteiger partial charge in [0.15, 0.2) is 0 Å². The third-order valence-corrected chi connectivity index (χ3v) is 9.94. The van der Waals surface area contributed by atoms with Crippen molar-refractivity contribution in [1.29, 1.82) is 0 Å². The molecule has 0 amide bonds. The van der Waals surface area contributed by atoms with Crippen LogP contribution in [0.25, 0.3) is 0 Å². The number of esters is 2. The van der Waals surface area contributed by atoms with Crippen LogP contribution in [0.1, 0.15) is 83.5 Å². The second-order valence-corrected chi connectivity index (χ2v) is 11.9. The van der Waals surface area contributed by atoms with Crippen molar-refractivity contribution in [2.45, 2.75) is 83.5 Å². The Balaban J connectivity index is 1.19. The highest BCUT2D eigenvalue weighted by Gasteiger charge is 2.48. The molecule has 0 radical (unpaired) electrons. The Morgan fingerprint density at radius 3 is 2.22 bits per heavy atom. The summed E-state index contributed by atoms with van der Waals surface area (Å²) in [6.07, 6.45) is 23.6. The zero-order valence-electron chi connectivity index (χ0n) is 21.2. The average Bonchev–Trinajstić information content (AvgIpc) is 2.89. The molecule has 6 aliphatic rings. The highest BCUT2D eigenvalue weighted by molar-refractivity contribution is 5.98. The third-order valence-electron chi connectivity index (χ3n) is 9.94. The zero-order valence-corrected chi connectivity index (χ0v) is 21.2. The summed E-state index contributed by atoms with van der Waals surface area (Å²) in [5, 5.41) is 0. The van der Waals surface area contributed by atoms with E-state index in [0.717, 1.165) is 82.6 Å². The van der Waals surface area contributed by atoms with Crippen LogP contribution in [0.4, 0.5) is 4.79 Å². The van der Waals surface area contributed by atoms with E-state index in [1.807, 2.05) is 0 Å². The summed E-state index contributed by atoms with van der Waals surface area (Å²) < 4.78 is 10.6. The fourth-order valence-electron chi connectivity index (χ4n) is 8.36. The van der Waals surface area contributed by atoms with Gasteiger partial charge in [-0.05, 0) is 117 Å². The minimum Gasteiger partial charge on any atom is -0.360 e. The van der Waals surface area contributed by atoms with Gasteiger partial charge in [0.1, 0.15) is 0 Å². The summed E-state index contributed by atoms with van der Waals surface area (Å²) in [5.41, 5.74) is 3.05. The van der Waals surface area contributed by atoms with E-state index in [4.69, 9.17) is 9.47 Å². The van der Waals surface area contributed by atoms with Gasteiger partial charge in [0, 0.05) is 5.57 Å². The molecule has 0 aromatic rings. The van der Waals surface area contributed by atoms with E-state index >= 15 is 0 Å². The minimum absolute atomic E-state index is 0.0833. The van der Waals surface area contributed by atoms with Gasteiger partial charge in [0.2, 0.25) is 0 Å². The molecule has 5 heteroatoms. The summed E-state index contributed by atoms with van der Waals surface area (Å²) in [4.78, 5) is 39.6. The molecule has 3 fully saturated rings. The molecule has 0 aromatic heterocycles. The molecule has 0 aliphatic heterocycles. The molecule has 36 heavy (non-hydrogen) atoms. The van der Waals surface area contributed by atoms with E-state index in [0.29, 0.717) is 23.3 Å². The van der Waals surface area contributed by atoms with Crippen molar-refractivity contribution in [3.05, 3.63) is 47.1 Å². The molecule has 6 atom stereocenters. The Morgan fingerprint density at radius 1 is 0.778 bits per heavy atom. The van der Waals surface area contributed by atoms with Gasteiger partial charge in [-0.3, -0.25) is 4.79 Å². The van der Waals surface area contributed by atoms with Gasteiger partial charge in [-0.25, -0.2) is 9.59 Å². The normalized spacial score (nSPS) is 37.0. The summed E-state index contributed by atoms with van der Waals surface area (Å²) in [5.74, 6) is 0.0113. The maximum absolute atomic E-state index is 13.4. The molecule has 5 nitrogen and oxygen atoms in total. The Bertz CT molecular complexity index is 1020. The third kappa shape index (κ3) is 4.43. The number of hydrogen-bond acceptors (Lipinski definition) is 5. The maximum atomic E-state index is 13.4. The molecule has 192 valence electrons. The summed E-state index contributed by atoms with van der Waals surface area (Å²) in [6, 6.07) is 0. The second kappa shape index (κ2) is 10.1. The molecule has 0 N–H and O–H groups in total. The molecule has 0 aromatic carbocycles. The number of rotatable bonds is 2. The fourth-order valence-corrected chi connectivity index (χ4v) is 8.36. The van der Waals surface area contributed by atoms with Crippen LogP contribution in [0.2, 0.25) is 0 Å². The molecule has 6 aliphatic carbocycles.